The van der Waals surface area contributed by atoms with Crippen molar-refractivity contribution in [1.29, 1.82) is 0 Å². The Kier molecular flexibility index (Phi) is 5.72. The minimum Gasteiger partial charge on any atom is -0.478 e. The van der Waals surface area contributed by atoms with Gasteiger partial charge in [-0.05, 0) is 42.1 Å². The first kappa shape index (κ1) is 15.5. The molecular weight excluding hydrogens is 282 g/mol. The maximum absolute atomic E-state index is 10.5. The van der Waals surface area contributed by atoms with Crippen LogP contribution in [0.1, 0.15) is 16.0 Å². The Morgan fingerprint density at radius 3 is 2.67 bits per heavy atom. The summed E-state index contributed by atoms with van der Waals surface area (Å²) in [5.41, 5.74) is 2.14. The van der Waals surface area contributed by atoms with Crippen LogP contribution in [0.4, 0.5) is 0 Å². The first-order valence-electron chi connectivity index (χ1n) is 6.84. The van der Waals surface area contributed by atoms with Gasteiger partial charge in [0.25, 0.3) is 0 Å². The zero-order valence-corrected chi connectivity index (χ0v) is 12.8. The molecule has 4 heteroatoms. The molecule has 1 aromatic heterocycles. The average molecular weight is 301 g/mol. The lowest BCUT2D eigenvalue weighted by Crippen LogP contribution is -2.20. The summed E-state index contributed by atoms with van der Waals surface area (Å²) >= 11 is 1.80. The summed E-state index contributed by atoms with van der Waals surface area (Å²) in [7, 11) is 2.12. The largest absolute Gasteiger partial charge is 0.478 e. The fourth-order valence-corrected chi connectivity index (χ4v) is 2.75. The number of nitrogens with zero attached hydrogens (tertiary/aromatic N) is 1. The fourth-order valence-electron chi connectivity index (χ4n) is 2.05. The summed E-state index contributed by atoms with van der Waals surface area (Å²) in [5.74, 6) is -0.924. The van der Waals surface area contributed by atoms with Gasteiger partial charge in [-0.25, -0.2) is 4.79 Å². The van der Waals surface area contributed by atoms with E-state index in [1.54, 1.807) is 17.4 Å². The van der Waals surface area contributed by atoms with Gasteiger partial charge in [0.15, 0.2) is 0 Å². The molecule has 0 radical (unpaired) electrons. The Morgan fingerprint density at radius 1 is 1.29 bits per heavy atom. The molecule has 0 bridgehead atoms. The molecule has 0 aliphatic rings. The van der Waals surface area contributed by atoms with Crippen molar-refractivity contribution >= 4 is 23.4 Å². The predicted molar refractivity (Wildman–Crippen MR) is 87.5 cm³/mol. The molecule has 2 aromatic rings. The number of rotatable bonds is 7. The number of hydrogen-bond donors (Lipinski definition) is 1. The topological polar surface area (TPSA) is 40.5 Å². The van der Waals surface area contributed by atoms with E-state index in [0.717, 1.165) is 31.1 Å². The molecule has 0 saturated carbocycles. The van der Waals surface area contributed by atoms with Gasteiger partial charge >= 0.3 is 5.97 Å². The van der Waals surface area contributed by atoms with Crippen molar-refractivity contribution in [3.05, 3.63) is 63.9 Å². The van der Waals surface area contributed by atoms with Gasteiger partial charge in [0, 0.05) is 24.0 Å². The molecule has 3 nitrogen and oxygen atoms in total. The summed E-state index contributed by atoms with van der Waals surface area (Å²) in [6.45, 7) is 1.93. The Hall–Kier alpha value is -1.91. The van der Waals surface area contributed by atoms with Gasteiger partial charge in [-0.2, -0.15) is 0 Å². The second kappa shape index (κ2) is 7.76. The zero-order valence-electron chi connectivity index (χ0n) is 12.0. The van der Waals surface area contributed by atoms with Gasteiger partial charge in [0.2, 0.25) is 0 Å². The zero-order chi connectivity index (χ0) is 15.1. The van der Waals surface area contributed by atoms with Crippen molar-refractivity contribution in [2.24, 2.45) is 0 Å². The Morgan fingerprint density at radius 2 is 2.05 bits per heavy atom. The summed E-state index contributed by atoms with van der Waals surface area (Å²) < 4.78 is 0. The lowest BCUT2D eigenvalue weighted by Gasteiger charge is -2.16. The highest BCUT2D eigenvalue weighted by Gasteiger charge is 2.02. The number of benzene rings is 1. The second-order valence-corrected chi connectivity index (χ2v) is 6.01. The minimum absolute atomic E-state index is 0.897. The van der Waals surface area contributed by atoms with Crippen LogP contribution in [0.15, 0.2) is 47.9 Å². The Bertz CT molecular complexity index is 588. The van der Waals surface area contributed by atoms with Gasteiger partial charge in [0.1, 0.15) is 0 Å². The van der Waals surface area contributed by atoms with Crippen molar-refractivity contribution in [3.63, 3.8) is 0 Å². The quantitative estimate of drug-likeness (QED) is 0.795. The first-order chi connectivity index (χ1) is 10.1. The summed E-state index contributed by atoms with van der Waals surface area (Å²) in [5, 5.41) is 10.7. The minimum atomic E-state index is -0.924. The van der Waals surface area contributed by atoms with E-state index in [4.69, 9.17) is 5.11 Å². The molecule has 0 aliphatic heterocycles. The highest BCUT2D eigenvalue weighted by molar-refractivity contribution is 7.09. The van der Waals surface area contributed by atoms with E-state index in [9.17, 15) is 4.79 Å². The summed E-state index contributed by atoms with van der Waals surface area (Å²) in [6, 6.07) is 12.2. The molecule has 2 rings (SSSR count). The van der Waals surface area contributed by atoms with Crippen LogP contribution in [0.3, 0.4) is 0 Å². The van der Waals surface area contributed by atoms with Crippen LogP contribution in [-0.2, 0) is 17.8 Å². The third kappa shape index (κ3) is 5.53. The number of carbonyl (C=O) groups is 1. The van der Waals surface area contributed by atoms with Crippen molar-refractivity contribution in [2.75, 3.05) is 13.6 Å². The van der Waals surface area contributed by atoms with Crippen molar-refractivity contribution in [2.45, 2.75) is 13.0 Å². The third-order valence-electron chi connectivity index (χ3n) is 3.17. The molecule has 1 N–H and O–H groups in total. The number of carboxylic acid groups (broad SMARTS) is 1. The lowest BCUT2D eigenvalue weighted by atomic mass is 10.1. The molecule has 0 unspecified atom stereocenters. The van der Waals surface area contributed by atoms with E-state index in [1.807, 2.05) is 24.3 Å². The van der Waals surface area contributed by atoms with Crippen molar-refractivity contribution in [1.82, 2.24) is 4.90 Å². The average Bonchev–Trinajstić information content (AvgIpc) is 2.98. The normalized spacial score (nSPS) is 11.3. The Labute approximate surface area is 129 Å². The standard InChI is InChI=1S/C17H19NO2S/c1-18(11-10-16-3-2-12-21-16)13-15-6-4-14(5-7-15)8-9-17(19)20/h2-9,12H,10-11,13H2,1H3,(H,19,20). The number of hydrogen-bond acceptors (Lipinski definition) is 3. The van der Waals surface area contributed by atoms with Crippen LogP contribution in [0.25, 0.3) is 6.08 Å². The van der Waals surface area contributed by atoms with E-state index < -0.39 is 5.97 Å². The van der Waals surface area contributed by atoms with Crippen molar-refractivity contribution in [3.8, 4) is 0 Å². The summed E-state index contributed by atoms with van der Waals surface area (Å²) in [6.07, 6.45) is 3.84. The number of thiophene rings is 1. The highest BCUT2D eigenvalue weighted by atomic mass is 32.1. The SMILES string of the molecule is CN(CCc1cccs1)Cc1ccc(C=CC(=O)O)cc1. The Balaban J connectivity index is 1.83. The molecule has 0 saturated heterocycles. The van der Waals surface area contributed by atoms with E-state index >= 15 is 0 Å². The molecular formula is C17H19NO2S. The molecule has 1 aromatic carbocycles. The van der Waals surface area contributed by atoms with Gasteiger partial charge in [-0.3, -0.25) is 0 Å². The molecule has 21 heavy (non-hydrogen) atoms. The number of likely N-dealkylation sites (N-methyl/N-ethyl adjacent to an activating group) is 1. The summed E-state index contributed by atoms with van der Waals surface area (Å²) in [4.78, 5) is 14.2. The van der Waals surface area contributed by atoms with E-state index in [-0.39, 0.29) is 0 Å². The second-order valence-electron chi connectivity index (χ2n) is 4.98. The van der Waals surface area contributed by atoms with Crippen LogP contribution in [0.2, 0.25) is 0 Å². The molecule has 110 valence electrons. The molecule has 0 fully saturated rings. The first-order valence-corrected chi connectivity index (χ1v) is 7.72. The van der Waals surface area contributed by atoms with E-state index in [0.29, 0.717) is 0 Å². The maximum Gasteiger partial charge on any atom is 0.328 e. The molecule has 0 spiro atoms. The molecule has 0 amide bonds. The van der Waals surface area contributed by atoms with E-state index in [1.165, 1.54) is 10.4 Å². The lowest BCUT2D eigenvalue weighted by molar-refractivity contribution is -0.131. The molecule has 1 heterocycles. The van der Waals surface area contributed by atoms with Gasteiger partial charge in [-0.15, -0.1) is 11.3 Å². The predicted octanol–water partition coefficient (Wildman–Crippen LogP) is 3.52. The smallest absolute Gasteiger partial charge is 0.328 e. The number of carboxylic acids is 1. The van der Waals surface area contributed by atoms with Crippen LogP contribution in [0, 0.1) is 0 Å². The van der Waals surface area contributed by atoms with Gasteiger partial charge in [-0.1, -0.05) is 30.3 Å². The van der Waals surface area contributed by atoms with Gasteiger partial charge in [0.05, 0.1) is 0 Å². The van der Waals surface area contributed by atoms with Crippen LogP contribution in [0.5, 0.6) is 0 Å². The number of aliphatic carboxylic acids is 1. The van der Waals surface area contributed by atoms with Crippen LogP contribution in [-0.4, -0.2) is 29.6 Å². The monoisotopic (exact) mass is 301 g/mol. The van der Waals surface area contributed by atoms with Crippen LogP contribution < -0.4 is 0 Å². The highest BCUT2D eigenvalue weighted by Crippen LogP contribution is 2.11. The molecule has 0 atom stereocenters. The maximum atomic E-state index is 10.5. The third-order valence-corrected chi connectivity index (χ3v) is 4.11. The van der Waals surface area contributed by atoms with Crippen LogP contribution >= 0.6 is 11.3 Å². The van der Waals surface area contributed by atoms with E-state index in [2.05, 4.69) is 29.5 Å². The van der Waals surface area contributed by atoms with Gasteiger partial charge < -0.3 is 10.0 Å². The fraction of sp³-hybridized carbons (Fsp3) is 0.235. The molecule has 0 aliphatic carbocycles. The van der Waals surface area contributed by atoms with Crippen molar-refractivity contribution < 1.29 is 9.90 Å².